The van der Waals surface area contributed by atoms with E-state index in [9.17, 15) is 12.8 Å². The minimum atomic E-state index is -3.78. The number of methoxy groups -OCH3 is 2. The molecule has 0 atom stereocenters. The molecule has 3 aromatic carbocycles. The molecular formula is C21H19FN2O4S. The number of hydrogen-bond donors (Lipinski definition) is 1. The highest BCUT2D eigenvalue weighted by molar-refractivity contribution is 7.92. The molecule has 0 radical (unpaired) electrons. The number of rotatable bonds is 7. The van der Waals surface area contributed by atoms with Gasteiger partial charge in [0.25, 0.3) is 10.0 Å². The second kappa shape index (κ2) is 8.74. The van der Waals surface area contributed by atoms with E-state index in [1.807, 2.05) is 6.07 Å². The van der Waals surface area contributed by atoms with Crippen molar-refractivity contribution in [3.05, 3.63) is 78.1 Å². The minimum Gasteiger partial charge on any atom is -0.493 e. The van der Waals surface area contributed by atoms with Gasteiger partial charge < -0.3 is 9.47 Å². The fourth-order valence-electron chi connectivity index (χ4n) is 2.53. The number of aliphatic imine (C=N–C) groups is 1. The summed E-state index contributed by atoms with van der Waals surface area (Å²) in [5.74, 6) is 0.766. The summed E-state index contributed by atoms with van der Waals surface area (Å²) >= 11 is 0. The fourth-order valence-corrected chi connectivity index (χ4v) is 3.58. The van der Waals surface area contributed by atoms with Gasteiger partial charge in [0.05, 0.1) is 24.8 Å². The quantitative estimate of drug-likeness (QED) is 0.582. The molecule has 0 spiro atoms. The Kier molecular flexibility index (Phi) is 6.13. The Bertz CT molecular complexity index is 1110. The normalized spacial score (nSPS) is 11.4. The van der Waals surface area contributed by atoms with Gasteiger partial charge in [-0.05, 0) is 72.3 Å². The van der Waals surface area contributed by atoms with Gasteiger partial charge in [-0.25, -0.2) is 12.8 Å². The Hall–Kier alpha value is -3.39. The summed E-state index contributed by atoms with van der Waals surface area (Å²) in [6.45, 7) is 0. The first-order valence-electron chi connectivity index (χ1n) is 8.56. The van der Waals surface area contributed by atoms with Crippen LogP contribution < -0.4 is 14.2 Å². The predicted molar refractivity (Wildman–Crippen MR) is 110 cm³/mol. The standard InChI is InChI=1S/C21H19FN2O4S/c1-27-20-12-3-15(13-21(20)28-2)14-23-17-8-10-19(11-9-17)29(25,26)24-18-6-4-16(22)5-7-18/h3-14,24H,1-2H3. The molecule has 0 bridgehead atoms. The molecule has 29 heavy (non-hydrogen) atoms. The van der Waals surface area contributed by atoms with E-state index in [1.54, 1.807) is 44.7 Å². The van der Waals surface area contributed by atoms with Crippen molar-refractivity contribution in [2.75, 3.05) is 18.9 Å². The maximum Gasteiger partial charge on any atom is 0.261 e. The molecule has 0 aliphatic carbocycles. The topological polar surface area (TPSA) is 77.0 Å². The first-order valence-corrected chi connectivity index (χ1v) is 10.0. The van der Waals surface area contributed by atoms with Crippen molar-refractivity contribution < 1.29 is 22.3 Å². The number of ether oxygens (including phenoxy) is 2. The van der Waals surface area contributed by atoms with Gasteiger partial charge in [-0.1, -0.05) is 0 Å². The van der Waals surface area contributed by atoms with Gasteiger partial charge in [-0.15, -0.1) is 0 Å². The van der Waals surface area contributed by atoms with Crippen LogP contribution in [0.4, 0.5) is 15.8 Å². The summed E-state index contributed by atoms with van der Waals surface area (Å²) in [7, 11) is -0.666. The molecule has 8 heteroatoms. The third kappa shape index (κ3) is 5.11. The van der Waals surface area contributed by atoms with E-state index in [0.29, 0.717) is 17.2 Å². The molecule has 0 aromatic heterocycles. The molecular weight excluding hydrogens is 395 g/mol. The summed E-state index contributed by atoms with van der Waals surface area (Å²) in [4.78, 5) is 4.42. The number of benzene rings is 3. The van der Waals surface area contributed by atoms with Gasteiger partial charge in [0.2, 0.25) is 0 Å². The lowest BCUT2D eigenvalue weighted by molar-refractivity contribution is 0.355. The fraction of sp³-hybridized carbons (Fsp3) is 0.0952. The maximum absolute atomic E-state index is 13.0. The minimum absolute atomic E-state index is 0.0758. The predicted octanol–water partition coefficient (Wildman–Crippen LogP) is 4.39. The van der Waals surface area contributed by atoms with Gasteiger partial charge in [-0.2, -0.15) is 0 Å². The summed E-state index contributed by atoms with van der Waals surface area (Å²) < 4.78 is 50.7. The molecule has 0 aliphatic heterocycles. The van der Waals surface area contributed by atoms with E-state index in [0.717, 1.165) is 5.56 Å². The zero-order valence-electron chi connectivity index (χ0n) is 15.8. The molecule has 150 valence electrons. The van der Waals surface area contributed by atoms with E-state index in [4.69, 9.17) is 9.47 Å². The van der Waals surface area contributed by atoms with Crippen LogP contribution in [0.3, 0.4) is 0 Å². The van der Waals surface area contributed by atoms with Crippen LogP contribution in [0.25, 0.3) is 0 Å². The van der Waals surface area contributed by atoms with E-state index < -0.39 is 15.8 Å². The highest BCUT2D eigenvalue weighted by atomic mass is 32.2. The van der Waals surface area contributed by atoms with Crippen LogP contribution in [-0.4, -0.2) is 28.9 Å². The van der Waals surface area contributed by atoms with Crippen LogP contribution in [0.2, 0.25) is 0 Å². The summed E-state index contributed by atoms with van der Waals surface area (Å²) in [6, 6.07) is 16.6. The van der Waals surface area contributed by atoms with Crippen LogP contribution in [-0.2, 0) is 10.0 Å². The van der Waals surface area contributed by atoms with E-state index in [-0.39, 0.29) is 10.6 Å². The number of nitrogens with one attached hydrogen (secondary N) is 1. The third-order valence-electron chi connectivity index (χ3n) is 4.01. The smallest absolute Gasteiger partial charge is 0.261 e. The molecule has 0 saturated heterocycles. The third-order valence-corrected chi connectivity index (χ3v) is 5.41. The van der Waals surface area contributed by atoms with E-state index in [2.05, 4.69) is 9.71 Å². The molecule has 0 aliphatic rings. The number of sulfonamides is 1. The molecule has 0 unspecified atom stereocenters. The Morgan fingerprint density at radius 2 is 1.55 bits per heavy atom. The van der Waals surface area contributed by atoms with Crippen LogP contribution in [0.1, 0.15) is 5.56 Å². The zero-order chi connectivity index (χ0) is 20.9. The van der Waals surface area contributed by atoms with Crippen LogP contribution in [0.15, 0.2) is 76.6 Å². The van der Waals surface area contributed by atoms with Gasteiger partial charge in [-0.3, -0.25) is 9.71 Å². The molecule has 3 rings (SSSR count). The highest BCUT2D eigenvalue weighted by Gasteiger charge is 2.14. The first kappa shape index (κ1) is 20.3. The van der Waals surface area contributed by atoms with Crippen molar-refractivity contribution in [1.82, 2.24) is 0 Å². The zero-order valence-corrected chi connectivity index (χ0v) is 16.6. The first-order chi connectivity index (χ1) is 13.9. The summed E-state index contributed by atoms with van der Waals surface area (Å²) in [5, 5.41) is 0. The molecule has 0 saturated carbocycles. The average molecular weight is 414 g/mol. The van der Waals surface area contributed by atoms with Gasteiger partial charge in [0.1, 0.15) is 5.82 Å². The Morgan fingerprint density at radius 3 is 2.17 bits per heavy atom. The van der Waals surface area contributed by atoms with Crippen molar-refractivity contribution in [3.8, 4) is 11.5 Å². The number of nitrogens with zero attached hydrogens (tertiary/aromatic N) is 1. The van der Waals surface area contributed by atoms with Crippen molar-refractivity contribution in [3.63, 3.8) is 0 Å². The van der Waals surface area contributed by atoms with Crippen LogP contribution in [0, 0.1) is 5.82 Å². The monoisotopic (exact) mass is 414 g/mol. The molecule has 0 amide bonds. The molecule has 1 N–H and O–H groups in total. The van der Waals surface area contributed by atoms with Crippen LogP contribution in [0.5, 0.6) is 11.5 Å². The average Bonchev–Trinajstić information content (AvgIpc) is 2.73. The van der Waals surface area contributed by atoms with Crippen molar-refractivity contribution in [2.24, 2.45) is 4.99 Å². The van der Waals surface area contributed by atoms with E-state index >= 15 is 0 Å². The van der Waals surface area contributed by atoms with Crippen molar-refractivity contribution in [1.29, 1.82) is 0 Å². The van der Waals surface area contributed by atoms with Gasteiger partial charge in [0, 0.05) is 11.9 Å². The maximum atomic E-state index is 13.0. The Labute approximate surface area is 168 Å². The molecule has 6 nitrogen and oxygen atoms in total. The largest absolute Gasteiger partial charge is 0.493 e. The molecule has 3 aromatic rings. The van der Waals surface area contributed by atoms with Crippen molar-refractivity contribution >= 4 is 27.6 Å². The number of anilines is 1. The SMILES string of the molecule is COc1ccc(C=Nc2ccc(S(=O)(=O)Nc3ccc(F)cc3)cc2)cc1OC. The Morgan fingerprint density at radius 1 is 0.897 bits per heavy atom. The lowest BCUT2D eigenvalue weighted by Crippen LogP contribution is -2.12. The van der Waals surface area contributed by atoms with Gasteiger partial charge in [0.15, 0.2) is 11.5 Å². The van der Waals surface area contributed by atoms with Crippen LogP contribution >= 0.6 is 0 Å². The lowest BCUT2D eigenvalue weighted by Gasteiger charge is -2.08. The molecule has 0 fully saturated rings. The lowest BCUT2D eigenvalue weighted by atomic mass is 10.2. The summed E-state index contributed by atoms with van der Waals surface area (Å²) in [6.07, 6.45) is 1.64. The van der Waals surface area contributed by atoms with E-state index in [1.165, 1.54) is 36.4 Å². The second-order valence-electron chi connectivity index (χ2n) is 5.98. The van der Waals surface area contributed by atoms with Crippen molar-refractivity contribution in [2.45, 2.75) is 4.90 Å². The van der Waals surface area contributed by atoms with Gasteiger partial charge >= 0.3 is 0 Å². The second-order valence-corrected chi connectivity index (χ2v) is 7.66. The Balaban J connectivity index is 1.74. The highest BCUT2D eigenvalue weighted by Crippen LogP contribution is 2.27. The number of hydrogen-bond acceptors (Lipinski definition) is 5. The summed E-state index contributed by atoms with van der Waals surface area (Å²) in [5.41, 5.74) is 1.67. The number of halogens is 1. The molecule has 0 heterocycles.